The van der Waals surface area contributed by atoms with Gasteiger partial charge in [0.25, 0.3) is 0 Å². The number of hydrogen-bond acceptors (Lipinski definition) is 3. The lowest BCUT2D eigenvalue weighted by Crippen LogP contribution is -2.01. The van der Waals surface area contributed by atoms with Crippen molar-refractivity contribution in [3.8, 4) is 11.5 Å². The third-order valence-corrected chi connectivity index (χ3v) is 5.02. The summed E-state index contributed by atoms with van der Waals surface area (Å²) in [5, 5.41) is 0. The minimum absolute atomic E-state index is 0.190. The Bertz CT molecular complexity index is 887. The Morgan fingerprint density at radius 1 is 0.652 bits per heavy atom. The summed E-state index contributed by atoms with van der Waals surface area (Å²) in [6.07, 6.45) is 0. The molecule has 0 atom stereocenters. The van der Waals surface area contributed by atoms with Gasteiger partial charge in [-0.15, -0.1) is 0 Å². The van der Waals surface area contributed by atoms with Crippen molar-refractivity contribution in [1.29, 1.82) is 0 Å². The molecule has 0 spiro atoms. The molecule has 0 saturated carbocycles. The van der Waals surface area contributed by atoms with Crippen LogP contribution in [0.15, 0.2) is 88.7 Å². The molecular formula is C18H13FO3S. The number of benzene rings is 3. The molecule has 5 heteroatoms. The molecule has 0 radical (unpaired) electrons. The van der Waals surface area contributed by atoms with Crippen LogP contribution >= 0.6 is 0 Å². The van der Waals surface area contributed by atoms with Crippen LogP contribution in [-0.4, -0.2) is 8.42 Å². The fraction of sp³-hybridized carbons (Fsp3) is 0. The van der Waals surface area contributed by atoms with E-state index in [2.05, 4.69) is 0 Å². The number of ether oxygens (including phenoxy) is 1. The van der Waals surface area contributed by atoms with E-state index >= 15 is 0 Å². The Morgan fingerprint density at radius 2 is 1.13 bits per heavy atom. The van der Waals surface area contributed by atoms with Gasteiger partial charge in [0.1, 0.15) is 17.3 Å². The van der Waals surface area contributed by atoms with Gasteiger partial charge in [-0.05, 0) is 60.7 Å². The predicted molar refractivity (Wildman–Crippen MR) is 84.8 cm³/mol. The summed E-state index contributed by atoms with van der Waals surface area (Å²) < 4.78 is 43.3. The van der Waals surface area contributed by atoms with Crippen LogP contribution in [0.25, 0.3) is 0 Å². The van der Waals surface area contributed by atoms with E-state index in [0.29, 0.717) is 11.5 Å². The normalized spacial score (nSPS) is 11.2. The van der Waals surface area contributed by atoms with E-state index in [4.69, 9.17) is 4.74 Å². The number of halogens is 1. The van der Waals surface area contributed by atoms with Crippen LogP contribution in [0, 0.1) is 5.82 Å². The number of sulfone groups is 1. The minimum atomic E-state index is -3.54. The fourth-order valence-electron chi connectivity index (χ4n) is 2.06. The van der Waals surface area contributed by atoms with Gasteiger partial charge < -0.3 is 4.74 Å². The summed E-state index contributed by atoms with van der Waals surface area (Å²) >= 11 is 0. The molecule has 0 aliphatic rings. The van der Waals surface area contributed by atoms with E-state index in [1.54, 1.807) is 42.5 Å². The zero-order valence-corrected chi connectivity index (χ0v) is 12.8. The van der Waals surface area contributed by atoms with E-state index in [9.17, 15) is 12.8 Å². The van der Waals surface area contributed by atoms with Crippen LogP contribution in [-0.2, 0) is 9.84 Å². The average Bonchev–Trinajstić information content (AvgIpc) is 2.58. The van der Waals surface area contributed by atoms with Gasteiger partial charge in [0.15, 0.2) is 0 Å². The van der Waals surface area contributed by atoms with E-state index in [-0.39, 0.29) is 15.6 Å². The molecule has 0 amide bonds. The van der Waals surface area contributed by atoms with Crippen molar-refractivity contribution in [2.24, 2.45) is 0 Å². The highest BCUT2D eigenvalue weighted by Gasteiger charge is 2.16. The predicted octanol–water partition coefficient (Wildman–Crippen LogP) is 4.45. The van der Waals surface area contributed by atoms with Gasteiger partial charge in [0.05, 0.1) is 9.79 Å². The van der Waals surface area contributed by atoms with E-state index in [1.807, 2.05) is 0 Å². The van der Waals surface area contributed by atoms with Crippen molar-refractivity contribution in [2.45, 2.75) is 9.79 Å². The Kier molecular flexibility index (Phi) is 4.12. The van der Waals surface area contributed by atoms with Gasteiger partial charge in [0, 0.05) is 0 Å². The average molecular weight is 328 g/mol. The number of rotatable bonds is 4. The van der Waals surface area contributed by atoms with Crippen molar-refractivity contribution >= 4 is 9.84 Å². The fourth-order valence-corrected chi connectivity index (χ4v) is 3.34. The van der Waals surface area contributed by atoms with Gasteiger partial charge in [-0.2, -0.15) is 0 Å². The molecule has 116 valence electrons. The summed E-state index contributed by atoms with van der Waals surface area (Å²) in [5.74, 6) is 0.607. The van der Waals surface area contributed by atoms with E-state index < -0.39 is 9.84 Å². The highest BCUT2D eigenvalue weighted by molar-refractivity contribution is 7.91. The Morgan fingerprint density at radius 3 is 1.70 bits per heavy atom. The summed E-state index contributed by atoms with van der Waals surface area (Å²) in [5.41, 5.74) is 0. The first-order valence-corrected chi connectivity index (χ1v) is 8.38. The summed E-state index contributed by atoms with van der Waals surface area (Å²) in [4.78, 5) is 0.433. The van der Waals surface area contributed by atoms with E-state index in [1.165, 1.54) is 36.4 Å². The van der Waals surface area contributed by atoms with Gasteiger partial charge in [-0.3, -0.25) is 0 Å². The SMILES string of the molecule is O=S(=O)(c1ccccc1)c1ccc(Oc2ccc(F)cc2)cc1. The van der Waals surface area contributed by atoms with Crippen molar-refractivity contribution in [3.63, 3.8) is 0 Å². The van der Waals surface area contributed by atoms with Gasteiger partial charge in [-0.1, -0.05) is 18.2 Å². The third kappa shape index (κ3) is 3.40. The van der Waals surface area contributed by atoms with Crippen LogP contribution in [0.4, 0.5) is 4.39 Å². The molecule has 0 N–H and O–H groups in total. The largest absolute Gasteiger partial charge is 0.457 e. The van der Waals surface area contributed by atoms with Crippen molar-refractivity contribution in [2.75, 3.05) is 0 Å². The molecule has 0 heterocycles. The number of hydrogen-bond donors (Lipinski definition) is 0. The lowest BCUT2D eigenvalue weighted by Gasteiger charge is -2.08. The molecule has 3 aromatic rings. The Balaban J connectivity index is 1.83. The summed E-state index contributed by atoms with van der Waals surface area (Å²) in [7, 11) is -3.54. The van der Waals surface area contributed by atoms with Gasteiger partial charge in [-0.25, -0.2) is 12.8 Å². The highest BCUT2D eigenvalue weighted by Crippen LogP contribution is 2.26. The summed E-state index contributed by atoms with van der Waals surface area (Å²) in [6, 6.07) is 19.9. The molecule has 3 nitrogen and oxygen atoms in total. The van der Waals surface area contributed by atoms with Crippen molar-refractivity contribution in [1.82, 2.24) is 0 Å². The topological polar surface area (TPSA) is 43.4 Å². The van der Waals surface area contributed by atoms with Gasteiger partial charge >= 0.3 is 0 Å². The Hall–Kier alpha value is -2.66. The zero-order chi connectivity index (χ0) is 16.3. The Labute approximate surface area is 133 Å². The van der Waals surface area contributed by atoms with Crippen LogP contribution in [0.1, 0.15) is 0 Å². The second-order valence-corrected chi connectivity index (χ2v) is 6.79. The molecule has 3 aromatic carbocycles. The third-order valence-electron chi connectivity index (χ3n) is 3.24. The molecule has 0 saturated heterocycles. The smallest absolute Gasteiger partial charge is 0.206 e. The lowest BCUT2D eigenvalue weighted by atomic mass is 10.3. The lowest BCUT2D eigenvalue weighted by molar-refractivity contribution is 0.480. The molecule has 0 aliphatic carbocycles. The van der Waals surface area contributed by atoms with Crippen molar-refractivity contribution in [3.05, 3.63) is 84.7 Å². The second kappa shape index (κ2) is 6.22. The minimum Gasteiger partial charge on any atom is -0.457 e. The van der Waals surface area contributed by atoms with Crippen molar-refractivity contribution < 1.29 is 17.5 Å². The zero-order valence-electron chi connectivity index (χ0n) is 12.0. The molecule has 0 unspecified atom stereocenters. The molecule has 23 heavy (non-hydrogen) atoms. The van der Waals surface area contributed by atoms with Gasteiger partial charge in [0.2, 0.25) is 9.84 Å². The monoisotopic (exact) mass is 328 g/mol. The quantitative estimate of drug-likeness (QED) is 0.710. The maximum atomic E-state index is 12.8. The first-order valence-electron chi connectivity index (χ1n) is 6.89. The maximum absolute atomic E-state index is 12.8. The van der Waals surface area contributed by atoms with Crippen LogP contribution in [0.2, 0.25) is 0 Å². The van der Waals surface area contributed by atoms with Crippen LogP contribution in [0.5, 0.6) is 11.5 Å². The molecule has 0 aliphatic heterocycles. The second-order valence-electron chi connectivity index (χ2n) is 4.84. The summed E-state index contributed by atoms with van der Waals surface area (Å²) in [6.45, 7) is 0. The van der Waals surface area contributed by atoms with Crippen LogP contribution < -0.4 is 4.74 Å². The van der Waals surface area contributed by atoms with Crippen LogP contribution in [0.3, 0.4) is 0 Å². The van der Waals surface area contributed by atoms with E-state index in [0.717, 1.165) is 0 Å². The standard InChI is InChI=1S/C18H13FO3S/c19-14-6-8-15(9-7-14)22-16-10-12-18(13-11-16)23(20,21)17-4-2-1-3-5-17/h1-13H. The maximum Gasteiger partial charge on any atom is 0.206 e. The molecular weight excluding hydrogens is 315 g/mol. The molecule has 0 fully saturated rings. The first-order chi connectivity index (χ1) is 11.1. The first kappa shape index (κ1) is 15.2. The molecule has 3 rings (SSSR count). The highest BCUT2D eigenvalue weighted by atomic mass is 32.2. The molecule has 0 aromatic heterocycles. The molecule has 0 bridgehead atoms.